The van der Waals surface area contributed by atoms with Gasteiger partial charge in [0.15, 0.2) is 11.4 Å². The Morgan fingerprint density at radius 2 is 2.00 bits per heavy atom. The zero-order valence-corrected chi connectivity index (χ0v) is 12.2. The summed E-state index contributed by atoms with van der Waals surface area (Å²) in [5.41, 5.74) is 1.32. The molecule has 19 heavy (non-hydrogen) atoms. The van der Waals surface area contributed by atoms with Gasteiger partial charge in [0.05, 0.1) is 7.11 Å². The van der Waals surface area contributed by atoms with Crippen LogP contribution in [0.3, 0.4) is 0 Å². The predicted octanol–water partition coefficient (Wildman–Crippen LogP) is 3.02. The van der Waals surface area contributed by atoms with Gasteiger partial charge in [-0.25, -0.2) is 0 Å². The molecule has 1 aliphatic carbocycles. The van der Waals surface area contributed by atoms with Crippen LogP contribution in [0.4, 0.5) is 0 Å². The average Bonchev–Trinajstić information content (AvgIpc) is 3.01. The van der Waals surface area contributed by atoms with E-state index in [-0.39, 0.29) is 17.1 Å². The van der Waals surface area contributed by atoms with Crippen LogP contribution in [0.15, 0.2) is 12.1 Å². The SMILES string of the molecule is COc1cc2c(cc1C)OC(C)(C)C(=O)C1CC21C. The van der Waals surface area contributed by atoms with Crippen molar-refractivity contribution in [2.45, 2.75) is 45.1 Å². The van der Waals surface area contributed by atoms with E-state index in [1.165, 1.54) is 0 Å². The molecule has 0 N–H and O–H groups in total. The standard InChI is InChI=1S/C16H20O3/c1-9-6-13-10(7-12(9)18-5)16(4)8-11(16)14(17)15(2,3)19-13/h6-7,11H,8H2,1-5H3. The van der Waals surface area contributed by atoms with Crippen molar-refractivity contribution in [2.24, 2.45) is 5.92 Å². The van der Waals surface area contributed by atoms with Gasteiger partial charge in [-0.15, -0.1) is 0 Å². The average molecular weight is 260 g/mol. The molecule has 0 spiro atoms. The number of ether oxygens (including phenoxy) is 2. The van der Waals surface area contributed by atoms with Gasteiger partial charge in [-0.2, -0.15) is 0 Å². The van der Waals surface area contributed by atoms with Gasteiger partial charge in [0.1, 0.15) is 11.5 Å². The Balaban J connectivity index is 2.20. The van der Waals surface area contributed by atoms with Gasteiger partial charge >= 0.3 is 0 Å². The Kier molecular flexibility index (Phi) is 2.32. The number of Topliss-reactive ketones (excluding diaryl/α,β-unsaturated/α-hetero) is 1. The summed E-state index contributed by atoms with van der Waals surface area (Å²) in [5.74, 6) is 1.99. The molecule has 1 fully saturated rings. The van der Waals surface area contributed by atoms with Crippen molar-refractivity contribution in [1.29, 1.82) is 0 Å². The highest BCUT2D eigenvalue weighted by Gasteiger charge is 2.61. The molecular weight excluding hydrogens is 240 g/mol. The molecule has 0 saturated heterocycles. The summed E-state index contributed by atoms with van der Waals surface area (Å²) in [6.07, 6.45) is 0.915. The summed E-state index contributed by atoms with van der Waals surface area (Å²) in [6.45, 7) is 7.87. The minimum atomic E-state index is -0.741. The highest BCUT2D eigenvalue weighted by Crippen LogP contribution is 2.60. The van der Waals surface area contributed by atoms with Gasteiger partial charge in [0.25, 0.3) is 0 Å². The number of ketones is 1. The molecule has 1 heterocycles. The zero-order chi connectivity index (χ0) is 14.0. The minimum Gasteiger partial charge on any atom is -0.496 e. The first-order valence-corrected chi connectivity index (χ1v) is 6.72. The topological polar surface area (TPSA) is 35.5 Å². The van der Waals surface area contributed by atoms with E-state index in [4.69, 9.17) is 9.47 Å². The van der Waals surface area contributed by atoms with E-state index in [2.05, 4.69) is 6.92 Å². The normalized spacial score (nSPS) is 30.8. The number of hydrogen-bond acceptors (Lipinski definition) is 3. The van der Waals surface area contributed by atoms with Crippen molar-refractivity contribution in [3.05, 3.63) is 23.3 Å². The molecule has 1 saturated carbocycles. The molecule has 0 radical (unpaired) electrons. The Morgan fingerprint density at radius 1 is 1.32 bits per heavy atom. The number of aryl methyl sites for hydroxylation is 1. The fourth-order valence-electron chi connectivity index (χ4n) is 3.20. The second-order valence-corrected chi connectivity index (χ2v) is 6.47. The molecule has 2 atom stereocenters. The Bertz CT molecular complexity index is 574. The number of carbonyl (C=O) groups is 1. The zero-order valence-electron chi connectivity index (χ0n) is 12.2. The van der Waals surface area contributed by atoms with E-state index in [0.717, 1.165) is 29.0 Å². The summed E-state index contributed by atoms with van der Waals surface area (Å²) in [7, 11) is 1.67. The number of carbonyl (C=O) groups excluding carboxylic acids is 1. The number of benzene rings is 1. The maximum Gasteiger partial charge on any atom is 0.179 e. The predicted molar refractivity (Wildman–Crippen MR) is 72.9 cm³/mol. The van der Waals surface area contributed by atoms with E-state index in [1.54, 1.807) is 7.11 Å². The van der Waals surface area contributed by atoms with Gasteiger partial charge in [0.2, 0.25) is 0 Å². The van der Waals surface area contributed by atoms with Crippen LogP contribution in [0.1, 0.15) is 38.3 Å². The Hall–Kier alpha value is -1.51. The second-order valence-electron chi connectivity index (χ2n) is 6.47. The van der Waals surface area contributed by atoms with Crippen LogP contribution in [-0.4, -0.2) is 18.5 Å². The van der Waals surface area contributed by atoms with Gasteiger partial charge in [0, 0.05) is 16.9 Å². The maximum atomic E-state index is 12.5. The summed E-state index contributed by atoms with van der Waals surface area (Å²) in [6, 6.07) is 4.04. The summed E-state index contributed by atoms with van der Waals surface area (Å²) >= 11 is 0. The molecule has 3 nitrogen and oxygen atoms in total. The largest absolute Gasteiger partial charge is 0.496 e. The molecule has 3 heteroatoms. The molecule has 3 rings (SSSR count). The van der Waals surface area contributed by atoms with Crippen molar-refractivity contribution >= 4 is 5.78 Å². The summed E-state index contributed by atoms with van der Waals surface area (Å²) in [5, 5.41) is 0. The molecule has 1 aliphatic heterocycles. The van der Waals surface area contributed by atoms with Crippen molar-refractivity contribution in [3.63, 3.8) is 0 Å². The quantitative estimate of drug-likeness (QED) is 0.778. The summed E-state index contributed by atoms with van der Waals surface area (Å²) < 4.78 is 11.4. The lowest BCUT2D eigenvalue weighted by atomic mass is 9.90. The third-order valence-electron chi connectivity index (χ3n) is 4.62. The fourth-order valence-corrected chi connectivity index (χ4v) is 3.20. The van der Waals surface area contributed by atoms with E-state index in [1.807, 2.05) is 32.9 Å². The summed E-state index contributed by atoms with van der Waals surface area (Å²) in [4.78, 5) is 12.5. The number of rotatable bonds is 1. The van der Waals surface area contributed by atoms with Crippen LogP contribution in [0.2, 0.25) is 0 Å². The Labute approximate surface area is 113 Å². The number of hydrogen-bond donors (Lipinski definition) is 0. The lowest BCUT2D eigenvalue weighted by Crippen LogP contribution is -2.39. The molecule has 0 aromatic heterocycles. The van der Waals surface area contributed by atoms with Crippen LogP contribution in [-0.2, 0) is 10.2 Å². The van der Waals surface area contributed by atoms with Gasteiger partial charge in [-0.05, 0) is 44.9 Å². The molecule has 2 aliphatic rings. The van der Waals surface area contributed by atoms with E-state index >= 15 is 0 Å². The molecular formula is C16H20O3. The molecule has 0 amide bonds. The van der Waals surface area contributed by atoms with Gasteiger partial charge < -0.3 is 9.47 Å². The number of fused-ring (bicyclic) bond motifs is 3. The molecule has 0 bridgehead atoms. The minimum absolute atomic E-state index is 0.0798. The van der Waals surface area contributed by atoms with Crippen LogP contribution < -0.4 is 9.47 Å². The van der Waals surface area contributed by atoms with Crippen molar-refractivity contribution in [2.75, 3.05) is 7.11 Å². The maximum absolute atomic E-state index is 12.5. The molecule has 1 aromatic carbocycles. The first-order chi connectivity index (χ1) is 8.79. The van der Waals surface area contributed by atoms with E-state index in [9.17, 15) is 4.79 Å². The van der Waals surface area contributed by atoms with Crippen LogP contribution in [0, 0.1) is 12.8 Å². The van der Waals surface area contributed by atoms with Crippen molar-refractivity contribution in [3.8, 4) is 11.5 Å². The van der Waals surface area contributed by atoms with E-state index < -0.39 is 5.60 Å². The first kappa shape index (κ1) is 12.5. The molecule has 102 valence electrons. The molecule has 2 unspecified atom stereocenters. The Morgan fingerprint density at radius 3 is 2.63 bits per heavy atom. The highest BCUT2D eigenvalue weighted by molar-refractivity contribution is 5.94. The van der Waals surface area contributed by atoms with Crippen molar-refractivity contribution < 1.29 is 14.3 Å². The monoisotopic (exact) mass is 260 g/mol. The van der Waals surface area contributed by atoms with Gasteiger partial charge in [-0.1, -0.05) is 6.92 Å². The lowest BCUT2D eigenvalue weighted by molar-refractivity contribution is -0.133. The fraction of sp³-hybridized carbons (Fsp3) is 0.562. The van der Waals surface area contributed by atoms with Crippen LogP contribution >= 0.6 is 0 Å². The van der Waals surface area contributed by atoms with Crippen LogP contribution in [0.5, 0.6) is 11.5 Å². The third-order valence-corrected chi connectivity index (χ3v) is 4.62. The van der Waals surface area contributed by atoms with E-state index in [0.29, 0.717) is 0 Å². The highest BCUT2D eigenvalue weighted by atomic mass is 16.5. The third kappa shape index (κ3) is 1.60. The van der Waals surface area contributed by atoms with Gasteiger partial charge in [-0.3, -0.25) is 4.79 Å². The molecule has 1 aromatic rings. The second kappa shape index (κ2) is 3.53. The number of methoxy groups -OCH3 is 1. The van der Waals surface area contributed by atoms with Crippen molar-refractivity contribution in [1.82, 2.24) is 0 Å². The first-order valence-electron chi connectivity index (χ1n) is 6.72. The van der Waals surface area contributed by atoms with Crippen LogP contribution in [0.25, 0.3) is 0 Å². The smallest absolute Gasteiger partial charge is 0.179 e. The lowest BCUT2D eigenvalue weighted by Gasteiger charge is -2.25.